The second-order valence-corrected chi connectivity index (χ2v) is 8.17. The number of carbonyl (C=O) groups excluding carboxylic acids is 2. The molecule has 0 aliphatic heterocycles. The molecule has 0 spiro atoms. The molecule has 7 nitrogen and oxygen atoms in total. The Morgan fingerprint density at radius 1 is 1.04 bits per heavy atom. The first-order valence-electron chi connectivity index (χ1n) is 8.48. The van der Waals surface area contributed by atoms with Crippen molar-refractivity contribution in [3.8, 4) is 5.75 Å². The smallest absolute Gasteiger partial charge is 0.226 e. The van der Waals surface area contributed by atoms with E-state index in [0.29, 0.717) is 0 Å². The molecular formula is C19H22N2O5S. The summed E-state index contributed by atoms with van der Waals surface area (Å²) in [7, 11) is -3.45. The van der Waals surface area contributed by atoms with Crippen LogP contribution in [0, 0.1) is 0 Å². The Morgan fingerprint density at radius 3 is 2.41 bits per heavy atom. The van der Waals surface area contributed by atoms with Gasteiger partial charge in [-0.2, -0.15) is 0 Å². The highest BCUT2D eigenvalue weighted by Crippen LogP contribution is 2.27. The Morgan fingerprint density at radius 2 is 1.74 bits per heavy atom. The topological polar surface area (TPSA) is 113 Å². The summed E-state index contributed by atoms with van der Waals surface area (Å²) in [5, 5.41) is 14.9. The molecule has 0 aromatic heterocycles. The van der Waals surface area contributed by atoms with Gasteiger partial charge < -0.3 is 15.7 Å². The number of carbonyl (C=O) groups is 2. The average Bonchev–Trinajstić information content (AvgIpc) is 2.64. The minimum atomic E-state index is -3.45. The van der Waals surface area contributed by atoms with Crippen molar-refractivity contribution >= 4 is 27.3 Å². The number of phenolic OH excluding ortho intramolecular Hbond substituents is 1. The molecule has 2 aromatic rings. The Labute approximate surface area is 158 Å². The molecule has 0 aliphatic rings. The maximum absolute atomic E-state index is 12.0. The van der Waals surface area contributed by atoms with Crippen LogP contribution in [-0.4, -0.2) is 37.6 Å². The number of sulfone groups is 1. The second kappa shape index (κ2) is 9.18. The van der Waals surface area contributed by atoms with Crippen molar-refractivity contribution in [3.05, 3.63) is 54.1 Å². The highest BCUT2D eigenvalue weighted by molar-refractivity contribution is 7.91. The van der Waals surface area contributed by atoms with E-state index >= 15 is 0 Å². The predicted molar refractivity (Wildman–Crippen MR) is 102 cm³/mol. The quantitative estimate of drug-likeness (QED) is 0.596. The van der Waals surface area contributed by atoms with Crippen molar-refractivity contribution in [3.63, 3.8) is 0 Å². The Kier molecular flexibility index (Phi) is 6.95. The van der Waals surface area contributed by atoms with Crippen molar-refractivity contribution in [1.29, 1.82) is 0 Å². The molecule has 8 heteroatoms. The molecule has 0 atom stereocenters. The van der Waals surface area contributed by atoms with Gasteiger partial charge in [-0.1, -0.05) is 37.3 Å². The average molecular weight is 390 g/mol. The van der Waals surface area contributed by atoms with Crippen molar-refractivity contribution < 1.29 is 23.1 Å². The second-order valence-electron chi connectivity index (χ2n) is 5.89. The largest absolute Gasteiger partial charge is 0.506 e. The third kappa shape index (κ3) is 6.10. The highest BCUT2D eigenvalue weighted by Gasteiger charge is 2.15. The molecule has 0 fully saturated rings. The Balaban J connectivity index is 1.87. The fraction of sp³-hybridized carbons (Fsp3) is 0.263. The number of aromatic hydroxyl groups is 1. The summed E-state index contributed by atoms with van der Waals surface area (Å²) >= 11 is 0. The van der Waals surface area contributed by atoms with Crippen molar-refractivity contribution in [2.45, 2.75) is 24.7 Å². The van der Waals surface area contributed by atoms with Gasteiger partial charge in [-0.05, 0) is 23.8 Å². The van der Waals surface area contributed by atoms with Gasteiger partial charge in [0, 0.05) is 13.0 Å². The van der Waals surface area contributed by atoms with Gasteiger partial charge in [-0.3, -0.25) is 9.59 Å². The maximum atomic E-state index is 12.0. The lowest BCUT2D eigenvalue weighted by Gasteiger charge is -2.10. The normalized spacial score (nSPS) is 11.0. The van der Waals surface area contributed by atoms with E-state index in [9.17, 15) is 23.1 Å². The number of benzene rings is 2. The van der Waals surface area contributed by atoms with Crippen LogP contribution in [0.5, 0.6) is 5.75 Å². The van der Waals surface area contributed by atoms with Crippen molar-refractivity contribution in [2.75, 3.05) is 17.6 Å². The first-order valence-corrected chi connectivity index (χ1v) is 10.1. The minimum Gasteiger partial charge on any atom is -0.506 e. The van der Waals surface area contributed by atoms with Gasteiger partial charge in [-0.25, -0.2) is 8.42 Å². The van der Waals surface area contributed by atoms with Gasteiger partial charge in [0.1, 0.15) is 5.75 Å². The SMILES string of the molecule is CCS(=O)(=O)c1ccc(O)c(NC(=O)CCNC(=O)Cc2ccccc2)c1. The molecule has 2 rings (SSSR count). The van der Waals surface area contributed by atoms with Crippen LogP contribution in [-0.2, 0) is 25.8 Å². The summed E-state index contributed by atoms with van der Waals surface area (Å²) < 4.78 is 23.8. The fourth-order valence-corrected chi connectivity index (χ4v) is 3.25. The third-order valence-corrected chi connectivity index (χ3v) is 5.60. The zero-order valence-corrected chi connectivity index (χ0v) is 15.8. The Bertz CT molecular complexity index is 911. The van der Waals surface area contributed by atoms with E-state index in [-0.39, 0.29) is 47.4 Å². The number of rotatable bonds is 8. The maximum Gasteiger partial charge on any atom is 0.226 e. The third-order valence-electron chi connectivity index (χ3n) is 3.86. The number of hydrogen-bond acceptors (Lipinski definition) is 5. The van der Waals surface area contributed by atoms with Gasteiger partial charge in [0.05, 0.1) is 22.8 Å². The zero-order valence-electron chi connectivity index (χ0n) is 14.9. The molecule has 3 N–H and O–H groups in total. The molecule has 2 aromatic carbocycles. The lowest BCUT2D eigenvalue weighted by molar-refractivity contribution is -0.120. The lowest BCUT2D eigenvalue weighted by atomic mass is 10.1. The van der Waals surface area contributed by atoms with Crippen LogP contribution >= 0.6 is 0 Å². The Hall–Kier alpha value is -2.87. The predicted octanol–water partition coefficient (Wildman–Crippen LogP) is 1.87. The number of hydrogen-bond donors (Lipinski definition) is 3. The molecule has 2 amide bonds. The van der Waals surface area contributed by atoms with E-state index in [1.165, 1.54) is 25.1 Å². The molecular weight excluding hydrogens is 368 g/mol. The first kappa shape index (κ1) is 20.4. The number of anilines is 1. The molecule has 0 heterocycles. The molecule has 0 saturated heterocycles. The van der Waals surface area contributed by atoms with Crippen molar-refractivity contribution in [1.82, 2.24) is 5.32 Å². The first-order chi connectivity index (χ1) is 12.8. The van der Waals surface area contributed by atoms with Crippen LogP contribution in [0.1, 0.15) is 18.9 Å². The monoisotopic (exact) mass is 390 g/mol. The van der Waals surface area contributed by atoms with E-state index in [4.69, 9.17) is 0 Å². The number of phenols is 1. The lowest BCUT2D eigenvalue weighted by Crippen LogP contribution is -2.28. The van der Waals surface area contributed by atoms with Crippen LogP contribution in [0.15, 0.2) is 53.4 Å². The van der Waals surface area contributed by atoms with Crippen LogP contribution < -0.4 is 10.6 Å². The summed E-state index contributed by atoms with van der Waals surface area (Å²) in [6.07, 6.45) is 0.213. The van der Waals surface area contributed by atoms with Crippen LogP contribution in [0.4, 0.5) is 5.69 Å². The van der Waals surface area contributed by atoms with Gasteiger partial charge >= 0.3 is 0 Å². The van der Waals surface area contributed by atoms with Crippen molar-refractivity contribution in [2.24, 2.45) is 0 Å². The zero-order chi connectivity index (χ0) is 19.9. The summed E-state index contributed by atoms with van der Waals surface area (Å²) in [5.41, 5.74) is 0.892. The molecule has 0 aliphatic carbocycles. The summed E-state index contributed by atoms with van der Waals surface area (Å²) in [6, 6.07) is 13.0. The molecule has 0 saturated carbocycles. The molecule has 27 heavy (non-hydrogen) atoms. The number of amides is 2. The minimum absolute atomic E-state index is 0.00920. The van der Waals surface area contributed by atoms with Gasteiger partial charge in [-0.15, -0.1) is 0 Å². The van der Waals surface area contributed by atoms with Crippen LogP contribution in [0.2, 0.25) is 0 Å². The summed E-state index contributed by atoms with van der Waals surface area (Å²) in [5.74, 6) is -0.964. The molecule has 0 radical (unpaired) electrons. The van der Waals surface area contributed by atoms with Gasteiger partial charge in [0.25, 0.3) is 0 Å². The van der Waals surface area contributed by atoms with E-state index in [1.54, 1.807) is 0 Å². The van der Waals surface area contributed by atoms with E-state index < -0.39 is 15.7 Å². The summed E-state index contributed by atoms with van der Waals surface area (Å²) in [4.78, 5) is 23.9. The molecule has 0 unspecified atom stereocenters. The summed E-state index contributed by atoms with van der Waals surface area (Å²) in [6.45, 7) is 1.64. The van der Waals surface area contributed by atoms with Crippen LogP contribution in [0.3, 0.4) is 0 Å². The molecule has 144 valence electrons. The van der Waals surface area contributed by atoms with Gasteiger partial charge in [0.15, 0.2) is 9.84 Å². The molecule has 0 bridgehead atoms. The van der Waals surface area contributed by atoms with Crippen LogP contribution in [0.25, 0.3) is 0 Å². The van der Waals surface area contributed by atoms with Gasteiger partial charge in [0.2, 0.25) is 11.8 Å². The number of nitrogens with one attached hydrogen (secondary N) is 2. The standard InChI is InChI=1S/C19H22N2O5S/c1-2-27(25,26)15-8-9-17(22)16(13-15)21-18(23)10-11-20-19(24)12-14-6-4-3-5-7-14/h3-9,13,22H,2,10-12H2,1H3,(H,20,24)(H,21,23). The fourth-order valence-electron chi connectivity index (χ4n) is 2.35. The van der Waals surface area contributed by atoms with E-state index in [2.05, 4.69) is 10.6 Å². The van der Waals surface area contributed by atoms with E-state index in [0.717, 1.165) is 5.56 Å². The highest BCUT2D eigenvalue weighted by atomic mass is 32.2. The van der Waals surface area contributed by atoms with E-state index in [1.807, 2.05) is 30.3 Å².